The maximum absolute atomic E-state index is 12.0. The molecule has 0 bridgehead atoms. The number of hydrogen-bond donors (Lipinski definition) is 4. The quantitative estimate of drug-likeness (QED) is 0.396. The Bertz CT molecular complexity index is 935. The van der Waals surface area contributed by atoms with E-state index in [-0.39, 0.29) is 5.91 Å². The van der Waals surface area contributed by atoms with Gasteiger partial charge in [-0.1, -0.05) is 24.3 Å². The smallest absolute Gasteiger partial charge is 0.248 e. The van der Waals surface area contributed by atoms with Crippen LogP contribution in [0.3, 0.4) is 0 Å². The fourth-order valence-electron chi connectivity index (χ4n) is 2.29. The molecule has 0 aliphatic carbocycles. The molecule has 3 rings (SSSR count). The third-order valence-electron chi connectivity index (χ3n) is 3.75. The first-order valence-corrected chi connectivity index (χ1v) is 8.34. The van der Waals surface area contributed by atoms with Gasteiger partial charge in [-0.3, -0.25) is 4.79 Å². The summed E-state index contributed by atoms with van der Waals surface area (Å²) in [7, 11) is 0. The van der Waals surface area contributed by atoms with Crippen LogP contribution in [0.2, 0.25) is 0 Å². The largest absolute Gasteiger partial charge is 0.399 e. The van der Waals surface area contributed by atoms with Gasteiger partial charge in [0.15, 0.2) is 0 Å². The lowest BCUT2D eigenvalue weighted by molar-refractivity contribution is -0.111. The number of anilines is 4. The highest BCUT2D eigenvalue weighted by Gasteiger charge is 2.01. The molecule has 0 radical (unpaired) electrons. The van der Waals surface area contributed by atoms with Crippen molar-refractivity contribution in [2.75, 3.05) is 22.1 Å². The van der Waals surface area contributed by atoms with E-state index in [0.717, 1.165) is 11.3 Å². The highest BCUT2D eigenvalue weighted by atomic mass is 16.1. The molecule has 1 heterocycles. The molecule has 27 heavy (non-hydrogen) atoms. The monoisotopic (exact) mass is 360 g/mol. The summed E-state index contributed by atoms with van der Waals surface area (Å²) in [5.74, 6) is 0.226. The number of nitrogens with zero attached hydrogens (tertiary/aromatic N) is 2. The van der Waals surface area contributed by atoms with E-state index in [0.29, 0.717) is 29.4 Å². The molecule has 0 atom stereocenters. The first-order valence-electron chi connectivity index (χ1n) is 8.34. The van der Waals surface area contributed by atoms with Gasteiger partial charge in [-0.05, 0) is 35.9 Å². The Morgan fingerprint density at radius 2 is 1.70 bits per heavy atom. The van der Waals surface area contributed by atoms with Gasteiger partial charge in [-0.2, -0.15) is 0 Å². The Hall–Kier alpha value is -3.87. The van der Waals surface area contributed by atoms with Gasteiger partial charge in [0, 0.05) is 36.3 Å². The molecule has 2 aromatic carbocycles. The minimum atomic E-state index is -0.279. The minimum Gasteiger partial charge on any atom is -0.399 e. The van der Waals surface area contributed by atoms with E-state index in [4.69, 9.17) is 11.5 Å². The predicted molar refractivity (Wildman–Crippen MR) is 109 cm³/mol. The molecule has 0 unspecified atom stereocenters. The maximum Gasteiger partial charge on any atom is 0.248 e. The number of benzene rings is 2. The fourth-order valence-corrected chi connectivity index (χ4v) is 2.29. The van der Waals surface area contributed by atoms with E-state index >= 15 is 0 Å². The molecule has 0 aliphatic rings. The van der Waals surface area contributed by atoms with Gasteiger partial charge in [0.25, 0.3) is 0 Å². The van der Waals surface area contributed by atoms with Crippen molar-refractivity contribution in [1.82, 2.24) is 9.97 Å². The van der Waals surface area contributed by atoms with Crippen molar-refractivity contribution in [1.29, 1.82) is 0 Å². The van der Waals surface area contributed by atoms with Gasteiger partial charge in [0.1, 0.15) is 0 Å². The van der Waals surface area contributed by atoms with E-state index in [1.54, 1.807) is 42.7 Å². The summed E-state index contributed by atoms with van der Waals surface area (Å²) in [4.78, 5) is 20.4. The second-order valence-corrected chi connectivity index (χ2v) is 5.84. The number of nitrogen functional groups attached to an aromatic ring is 2. The molecule has 3 aromatic rings. The molecular weight excluding hydrogens is 340 g/mol. The van der Waals surface area contributed by atoms with Crippen LogP contribution in [0.1, 0.15) is 11.1 Å². The van der Waals surface area contributed by atoms with E-state index in [1.165, 1.54) is 6.08 Å². The van der Waals surface area contributed by atoms with Crippen molar-refractivity contribution in [3.63, 3.8) is 0 Å². The predicted octanol–water partition coefficient (Wildman–Crippen LogP) is 2.91. The lowest BCUT2D eigenvalue weighted by Gasteiger charge is -2.06. The van der Waals surface area contributed by atoms with Crippen LogP contribution < -0.4 is 22.1 Å². The van der Waals surface area contributed by atoms with Crippen LogP contribution in [-0.4, -0.2) is 15.9 Å². The summed E-state index contributed by atoms with van der Waals surface area (Å²) in [5, 5.41) is 5.85. The zero-order valence-electron chi connectivity index (χ0n) is 14.6. The SMILES string of the molecule is Nc1ccc(CNc2ncc(C=CC(=O)Nc3ccccc3N)cn2)cc1. The Kier molecular flexibility index (Phi) is 5.64. The number of para-hydroxylation sites is 2. The first kappa shape index (κ1) is 17.9. The molecule has 0 spiro atoms. The summed E-state index contributed by atoms with van der Waals surface area (Å²) < 4.78 is 0. The molecule has 0 fully saturated rings. The van der Waals surface area contributed by atoms with Crippen LogP contribution in [-0.2, 0) is 11.3 Å². The lowest BCUT2D eigenvalue weighted by Crippen LogP contribution is -2.09. The molecule has 0 saturated carbocycles. The normalized spacial score (nSPS) is 10.7. The zero-order valence-corrected chi connectivity index (χ0v) is 14.6. The molecule has 1 aromatic heterocycles. The number of aromatic nitrogens is 2. The zero-order chi connectivity index (χ0) is 19.1. The van der Waals surface area contributed by atoms with Crippen LogP contribution in [0.5, 0.6) is 0 Å². The van der Waals surface area contributed by atoms with Gasteiger partial charge < -0.3 is 22.1 Å². The lowest BCUT2D eigenvalue weighted by atomic mass is 10.2. The van der Waals surface area contributed by atoms with Crippen LogP contribution in [0.4, 0.5) is 23.0 Å². The molecule has 136 valence electrons. The highest BCUT2D eigenvalue weighted by Crippen LogP contribution is 2.16. The van der Waals surface area contributed by atoms with E-state index in [2.05, 4.69) is 20.6 Å². The minimum absolute atomic E-state index is 0.279. The number of nitrogens with two attached hydrogens (primary N) is 2. The van der Waals surface area contributed by atoms with Gasteiger partial charge in [0.05, 0.1) is 11.4 Å². The topological polar surface area (TPSA) is 119 Å². The Labute approximate surface area is 157 Å². The van der Waals surface area contributed by atoms with E-state index in [9.17, 15) is 4.79 Å². The van der Waals surface area contributed by atoms with Crippen molar-refractivity contribution in [3.05, 3.63) is 78.1 Å². The van der Waals surface area contributed by atoms with Gasteiger partial charge in [0.2, 0.25) is 11.9 Å². The number of nitrogens with one attached hydrogen (secondary N) is 2. The first-order chi connectivity index (χ1) is 13.1. The molecule has 7 nitrogen and oxygen atoms in total. The average molecular weight is 360 g/mol. The number of rotatable bonds is 6. The number of carbonyl (C=O) groups excluding carboxylic acids is 1. The summed E-state index contributed by atoms with van der Waals surface area (Å²) in [6.45, 7) is 0.594. The summed E-state index contributed by atoms with van der Waals surface area (Å²) in [6, 6.07) is 14.7. The highest BCUT2D eigenvalue weighted by molar-refractivity contribution is 6.03. The van der Waals surface area contributed by atoms with Crippen LogP contribution in [0, 0.1) is 0 Å². The maximum atomic E-state index is 12.0. The molecule has 7 heteroatoms. The number of carbonyl (C=O) groups is 1. The Balaban J connectivity index is 1.53. The molecule has 6 N–H and O–H groups in total. The van der Waals surface area contributed by atoms with Crippen LogP contribution in [0.25, 0.3) is 6.08 Å². The summed E-state index contributed by atoms with van der Waals surface area (Å²) in [5.41, 5.74) is 15.1. The molecule has 0 aliphatic heterocycles. The second-order valence-electron chi connectivity index (χ2n) is 5.84. The van der Waals surface area contributed by atoms with Crippen molar-refractivity contribution in [3.8, 4) is 0 Å². The second kappa shape index (κ2) is 8.48. The third kappa shape index (κ3) is 5.30. The molecule has 0 saturated heterocycles. The van der Waals surface area contributed by atoms with Crippen molar-refractivity contribution < 1.29 is 4.79 Å². The van der Waals surface area contributed by atoms with Crippen LogP contribution in [0.15, 0.2) is 67.0 Å². The molecular formula is C20H20N6O. The number of hydrogen-bond acceptors (Lipinski definition) is 6. The fraction of sp³-hybridized carbons (Fsp3) is 0.0500. The van der Waals surface area contributed by atoms with Gasteiger partial charge in [-0.25, -0.2) is 9.97 Å². The summed E-state index contributed by atoms with van der Waals surface area (Å²) in [6.07, 6.45) is 6.32. The van der Waals surface area contributed by atoms with Gasteiger partial charge in [-0.15, -0.1) is 0 Å². The van der Waals surface area contributed by atoms with E-state index in [1.807, 2.05) is 24.3 Å². The summed E-state index contributed by atoms with van der Waals surface area (Å²) >= 11 is 0. The number of amides is 1. The molecule has 1 amide bonds. The average Bonchev–Trinajstić information content (AvgIpc) is 2.68. The standard InChI is InChI=1S/C20H20N6O/c21-16-8-5-14(6-9-16)11-23-20-24-12-15(13-25-20)7-10-19(27)26-18-4-2-1-3-17(18)22/h1-10,12-13H,11,21-22H2,(H,26,27)(H,23,24,25). The van der Waals surface area contributed by atoms with Crippen LogP contribution >= 0.6 is 0 Å². The van der Waals surface area contributed by atoms with Gasteiger partial charge >= 0.3 is 0 Å². The van der Waals surface area contributed by atoms with Crippen molar-refractivity contribution in [2.45, 2.75) is 6.54 Å². The Morgan fingerprint density at radius 3 is 2.41 bits per heavy atom. The van der Waals surface area contributed by atoms with E-state index < -0.39 is 0 Å². The third-order valence-corrected chi connectivity index (χ3v) is 3.75. The van der Waals surface area contributed by atoms with Crippen molar-refractivity contribution in [2.24, 2.45) is 0 Å². The van der Waals surface area contributed by atoms with Crippen molar-refractivity contribution >= 4 is 35.0 Å². The Morgan fingerprint density at radius 1 is 1.00 bits per heavy atom.